The summed E-state index contributed by atoms with van der Waals surface area (Å²) in [5.74, 6) is -2.15. The number of likely N-dealkylation sites (N-methyl/N-ethyl adjacent to an activating group) is 1. The normalized spacial score (nSPS) is 10.4. The van der Waals surface area contributed by atoms with E-state index in [1.807, 2.05) is 0 Å². The Morgan fingerprint density at radius 3 is 2.17 bits per heavy atom. The number of carboxylic acid groups (broad SMARTS) is 1. The topological polar surface area (TPSA) is 101 Å². The maximum atomic E-state index is 10.7. The molecule has 0 bridgehead atoms. The lowest BCUT2D eigenvalue weighted by molar-refractivity contribution is -0.870. The highest BCUT2D eigenvalue weighted by atomic mass is 16.4. The third-order valence-corrected chi connectivity index (χ3v) is 1.96. The third kappa shape index (κ3) is 6.72. The average Bonchev–Trinajstić information content (AvgIpc) is 2.20. The number of quaternary nitrogens is 1. The summed E-state index contributed by atoms with van der Waals surface area (Å²) < 4.78 is 0.844. The van der Waals surface area contributed by atoms with E-state index in [9.17, 15) is 9.90 Å². The lowest BCUT2D eigenvalue weighted by Crippen LogP contribution is -2.36. The number of carbonyl (C=O) groups is 1. The molecule has 0 saturated heterocycles. The molecule has 0 heterocycles. The Balaban J connectivity index is 0.000000360. The molecule has 0 aliphatic carbocycles. The van der Waals surface area contributed by atoms with Crippen LogP contribution in [0.2, 0.25) is 0 Å². The van der Waals surface area contributed by atoms with Gasteiger partial charge in [-0.15, -0.1) is 0 Å². The number of nitrogens with zero attached hydrogens (tertiary/aromatic N) is 1. The number of hydrogen-bond donors (Lipinski definition) is 3. The Morgan fingerprint density at radius 1 is 1.33 bits per heavy atom. The maximum absolute atomic E-state index is 10.7. The first-order valence-corrected chi connectivity index (χ1v) is 5.32. The van der Waals surface area contributed by atoms with Crippen LogP contribution >= 0.6 is 0 Å². The van der Waals surface area contributed by atoms with Gasteiger partial charge in [-0.25, -0.2) is 4.79 Å². The van der Waals surface area contributed by atoms with Gasteiger partial charge in [0, 0.05) is 0 Å². The molecule has 0 radical (unpaired) electrons. The molecule has 0 atom stereocenters. The Kier molecular flexibility index (Phi) is 6.15. The molecule has 6 nitrogen and oxygen atoms in total. The van der Waals surface area contributed by atoms with Crippen molar-refractivity contribution in [3.63, 3.8) is 0 Å². The van der Waals surface area contributed by atoms with E-state index in [1.165, 1.54) is 0 Å². The van der Waals surface area contributed by atoms with Gasteiger partial charge in [0.15, 0.2) is 0 Å². The van der Waals surface area contributed by atoms with Gasteiger partial charge in [-0.2, -0.15) is 0 Å². The smallest absolute Gasteiger partial charge is 0.335 e. The molecule has 0 fully saturated rings. The van der Waals surface area contributed by atoms with E-state index in [-0.39, 0.29) is 12.4 Å². The first kappa shape index (κ1) is 16.2. The van der Waals surface area contributed by atoms with Gasteiger partial charge >= 0.3 is 5.97 Å². The number of aromatic carboxylic acids is 1. The Morgan fingerprint density at radius 2 is 1.89 bits per heavy atom. The predicted molar refractivity (Wildman–Crippen MR) is 64.5 cm³/mol. The lowest BCUT2D eigenvalue weighted by Gasteiger charge is -2.21. The number of carboxylic acids is 1. The van der Waals surface area contributed by atoms with Crippen LogP contribution in [0.5, 0.6) is 11.5 Å². The number of phenolic OH excluding ortho intramolecular Hbond substituents is 1. The first-order valence-electron chi connectivity index (χ1n) is 5.32. The highest BCUT2D eigenvalue weighted by Crippen LogP contribution is 2.19. The molecule has 1 aromatic rings. The maximum Gasteiger partial charge on any atom is 0.335 e. The van der Waals surface area contributed by atoms with E-state index in [0.717, 1.165) is 29.2 Å². The van der Waals surface area contributed by atoms with Gasteiger partial charge in [0.05, 0.1) is 33.3 Å². The minimum atomic E-state index is -1.33. The molecule has 0 unspecified atom stereocenters. The number of aliphatic hydroxyl groups is 1. The molecule has 0 saturated carbocycles. The largest absolute Gasteiger partial charge is 0.872 e. The van der Waals surface area contributed by atoms with Crippen molar-refractivity contribution >= 4 is 5.97 Å². The molecule has 3 N–H and O–H groups in total. The fourth-order valence-corrected chi connectivity index (χ4v) is 0.985. The van der Waals surface area contributed by atoms with Crippen molar-refractivity contribution in [2.24, 2.45) is 0 Å². The molecular weight excluding hydrogens is 238 g/mol. The van der Waals surface area contributed by atoms with Crippen LogP contribution in [0.25, 0.3) is 0 Å². The van der Waals surface area contributed by atoms with Crippen molar-refractivity contribution in [1.82, 2.24) is 0 Å². The van der Waals surface area contributed by atoms with Crippen molar-refractivity contribution in [3.8, 4) is 11.5 Å². The number of hydrogen-bond acceptors (Lipinski definition) is 4. The van der Waals surface area contributed by atoms with Crippen molar-refractivity contribution in [2.45, 2.75) is 0 Å². The predicted octanol–water partition coefficient (Wildman–Crippen LogP) is -0.151. The molecule has 102 valence electrons. The second-order valence-corrected chi connectivity index (χ2v) is 4.72. The van der Waals surface area contributed by atoms with E-state index in [0.29, 0.717) is 0 Å². The Bertz CT molecular complexity index is 398. The van der Waals surface area contributed by atoms with E-state index < -0.39 is 17.3 Å². The fourth-order valence-electron chi connectivity index (χ4n) is 0.985. The third-order valence-electron chi connectivity index (χ3n) is 1.96. The lowest BCUT2D eigenvalue weighted by atomic mass is 10.2. The van der Waals surface area contributed by atoms with Crippen molar-refractivity contribution in [3.05, 3.63) is 23.8 Å². The van der Waals surface area contributed by atoms with Crippen LogP contribution in [-0.4, -0.2) is 60.1 Å². The van der Waals surface area contributed by atoms with E-state index >= 15 is 0 Å². The zero-order chi connectivity index (χ0) is 14.3. The monoisotopic (exact) mass is 257 g/mol. The summed E-state index contributed by atoms with van der Waals surface area (Å²) in [7, 11) is 6.16. The molecule has 0 aromatic heterocycles. The van der Waals surface area contributed by atoms with Crippen molar-refractivity contribution < 1.29 is 29.7 Å². The van der Waals surface area contributed by atoms with Crippen LogP contribution in [0, 0.1) is 0 Å². The van der Waals surface area contributed by atoms with Gasteiger partial charge in [0.2, 0.25) is 0 Å². The number of aliphatic hydroxyl groups excluding tert-OH is 1. The molecule has 0 spiro atoms. The van der Waals surface area contributed by atoms with Gasteiger partial charge in [-0.05, 0) is 12.1 Å². The molecule has 6 heteroatoms. The minimum absolute atomic E-state index is 0.220. The Labute approximate surface area is 106 Å². The number of phenols is 1. The molecule has 18 heavy (non-hydrogen) atoms. The highest BCUT2D eigenvalue weighted by molar-refractivity contribution is 5.90. The van der Waals surface area contributed by atoms with Crippen molar-refractivity contribution in [2.75, 3.05) is 34.3 Å². The summed E-state index contributed by atoms with van der Waals surface area (Å²) in [5, 5.41) is 36.3. The summed E-state index contributed by atoms with van der Waals surface area (Å²) in [6.07, 6.45) is 0. The highest BCUT2D eigenvalue weighted by Gasteiger charge is 2.03. The van der Waals surface area contributed by atoms with Crippen molar-refractivity contribution in [1.29, 1.82) is 0 Å². The van der Waals surface area contributed by atoms with Crippen LogP contribution in [0.4, 0.5) is 0 Å². The average molecular weight is 257 g/mol. The Hall–Kier alpha value is -1.79. The second kappa shape index (κ2) is 6.83. The zero-order valence-electron chi connectivity index (χ0n) is 10.8. The standard InChI is InChI=1S/C7H6O4.C5H14NO/c8-4-1-2-6(9)5(3-4)7(10)11;1-6(2,3)4-5-7/h1-3,8-9H,(H,10,11);7H,4-5H2,1-3H3/q;+1/p-1. The molecule has 0 amide bonds. The quantitative estimate of drug-likeness (QED) is 0.654. The summed E-state index contributed by atoms with van der Waals surface area (Å²) in [5.41, 5.74) is -0.412. The van der Waals surface area contributed by atoms with Gasteiger partial charge in [-0.3, -0.25) is 0 Å². The van der Waals surface area contributed by atoms with E-state index in [4.69, 9.17) is 15.3 Å². The SMILES string of the molecule is C[N+](C)(C)CCO.O=C(O)c1cc(O)ccc1[O-]. The second-order valence-electron chi connectivity index (χ2n) is 4.72. The first-order chi connectivity index (χ1) is 8.17. The summed E-state index contributed by atoms with van der Waals surface area (Å²) in [6, 6.07) is 3.08. The van der Waals surface area contributed by atoms with E-state index in [2.05, 4.69) is 21.1 Å². The fraction of sp³-hybridized carbons (Fsp3) is 0.417. The van der Waals surface area contributed by atoms with Crippen LogP contribution in [0.3, 0.4) is 0 Å². The van der Waals surface area contributed by atoms with Crippen LogP contribution in [-0.2, 0) is 0 Å². The molecule has 0 aliphatic heterocycles. The van der Waals surface area contributed by atoms with Crippen LogP contribution in [0.1, 0.15) is 10.4 Å². The summed E-state index contributed by atoms with van der Waals surface area (Å²) >= 11 is 0. The molecule has 0 aliphatic rings. The summed E-state index contributed by atoms with van der Waals surface area (Å²) in [4.78, 5) is 10.3. The number of benzene rings is 1. The molecule has 1 rings (SSSR count). The van der Waals surface area contributed by atoms with Crippen LogP contribution < -0.4 is 5.11 Å². The van der Waals surface area contributed by atoms with Gasteiger partial charge in [-0.1, -0.05) is 11.8 Å². The van der Waals surface area contributed by atoms with E-state index in [1.54, 1.807) is 0 Å². The molecule has 1 aromatic carbocycles. The molecular formula is C12H19NO5. The van der Waals surface area contributed by atoms with Gasteiger partial charge < -0.3 is 24.9 Å². The number of rotatable bonds is 3. The number of aromatic hydroxyl groups is 1. The van der Waals surface area contributed by atoms with Gasteiger partial charge in [0.25, 0.3) is 0 Å². The summed E-state index contributed by atoms with van der Waals surface area (Å²) in [6.45, 7) is 1.11. The zero-order valence-corrected chi connectivity index (χ0v) is 10.8. The minimum Gasteiger partial charge on any atom is -0.872 e. The van der Waals surface area contributed by atoms with Gasteiger partial charge in [0.1, 0.15) is 12.3 Å². The van der Waals surface area contributed by atoms with Crippen LogP contribution in [0.15, 0.2) is 18.2 Å².